The molecule has 818 valence electrons. The number of carboxylic acid groups (broad SMARTS) is 3. The van der Waals surface area contributed by atoms with Crippen molar-refractivity contribution in [1.82, 2.24) is 39.6 Å². The molecule has 34 nitrogen and oxygen atoms in total. The molecule has 28 atom stereocenters. The van der Waals surface area contributed by atoms with Crippen molar-refractivity contribution in [2.75, 3.05) is 63.7 Å². The summed E-state index contributed by atoms with van der Waals surface area (Å²) in [4.78, 5) is 189. The average Bonchev–Trinajstić information content (AvgIpc) is 1.62. The quantitative estimate of drug-likeness (QED) is 0.0279. The number of ketones is 3. The lowest BCUT2D eigenvalue weighted by Gasteiger charge is -2.40. The van der Waals surface area contributed by atoms with E-state index in [1.807, 2.05) is 166 Å². The molecule has 4 saturated carbocycles. The number of carbonyl (C=O) groups excluding carboxylic acids is 11. The van der Waals surface area contributed by atoms with Gasteiger partial charge in [0.25, 0.3) is 0 Å². The Kier molecular flexibility index (Phi) is 50.0. The third-order valence-corrected chi connectivity index (χ3v) is 31.1. The van der Waals surface area contributed by atoms with E-state index >= 15 is 0 Å². The van der Waals surface area contributed by atoms with Crippen LogP contribution in [-0.4, -0.2) is 322 Å². The average molecular weight is 2020 g/mol. The van der Waals surface area contributed by atoms with Crippen LogP contribution in [0.1, 0.15) is 335 Å². The summed E-state index contributed by atoms with van der Waals surface area (Å²) in [5.74, 6) is -3.94. The molecule has 0 spiro atoms. The van der Waals surface area contributed by atoms with Gasteiger partial charge in [0.15, 0.2) is 17.3 Å². The molecule has 0 radical (unpaired) electrons. The molecular weight excluding hydrogens is 1820 g/mol. The van der Waals surface area contributed by atoms with E-state index in [0.717, 1.165) is 96.3 Å². The summed E-state index contributed by atoms with van der Waals surface area (Å²) in [6, 6.07) is -2.37. The van der Waals surface area contributed by atoms with Gasteiger partial charge in [0.05, 0.1) is 98.4 Å². The molecule has 6 N–H and O–H groups in total. The second-order valence-electron chi connectivity index (χ2n) is 47.2. The van der Waals surface area contributed by atoms with Crippen LogP contribution in [0.5, 0.6) is 0 Å². The van der Waals surface area contributed by atoms with Crippen molar-refractivity contribution < 1.29 is 120 Å². The number of Topliss-reactive ketones (excluding diaryl/α,β-unsaturated/α-hetero) is 3. The zero-order valence-corrected chi connectivity index (χ0v) is 93.7. The van der Waals surface area contributed by atoms with Crippen LogP contribution in [0, 0.1) is 82.9 Å². The Balaban J connectivity index is 0.000000380. The number of methoxy groups -OCH3 is 4. The second-order valence-corrected chi connectivity index (χ2v) is 47.2. The van der Waals surface area contributed by atoms with Crippen LogP contribution in [0.25, 0.3) is 0 Å². The molecule has 4 saturated heterocycles. The number of aliphatic carboxylic acids is 3. The molecule has 8 bridgehead atoms. The number of piperidine rings is 4. The highest BCUT2D eigenvalue weighted by molar-refractivity contribution is 5.94. The fourth-order valence-corrected chi connectivity index (χ4v) is 23.1. The van der Waals surface area contributed by atoms with Crippen LogP contribution in [-0.2, 0) is 95.4 Å². The van der Waals surface area contributed by atoms with Gasteiger partial charge in [-0.25, -0.2) is 14.4 Å². The highest BCUT2D eigenvalue weighted by Crippen LogP contribution is 2.48. The Morgan fingerprint density at radius 2 is 0.641 bits per heavy atom. The van der Waals surface area contributed by atoms with E-state index in [4.69, 9.17) is 43.6 Å². The van der Waals surface area contributed by atoms with E-state index in [1.54, 1.807) is 94.6 Å². The number of nitrogens with one attached hydrogen (secondary N) is 1. The van der Waals surface area contributed by atoms with Gasteiger partial charge in [-0.1, -0.05) is 123 Å². The number of hydrogen-bond donors (Lipinski definition) is 5. The third-order valence-electron chi connectivity index (χ3n) is 31.1. The number of likely N-dealkylation sites (tertiary alicyclic amines) is 3. The van der Waals surface area contributed by atoms with Crippen LogP contribution in [0.15, 0.2) is 0 Å². The summed E-state index contributed by atoms with van der Waals surface area (Å²) < 4.78 is 44.2. The molecule has 4 aliphatic carbocycles. The van der Waals surface area contributed by atoms with Gasteiger partial charge in [0, 0.05) is 118 Å². The predicted octanol–water partition coefficient (Wildman–Crippen LogP) is 15.2. The molecule has 8 rings (SSSR count). The van der Waals surface area contributed by atoms with E-state index in [-0.39, 0.29) is 199 Å². The molecule has 8 aliphatic rings. The molecule has 8 fully saturated rings. The molecule has 0 aromatic carbocycles. The Hall–Kier alpha value is -7.50. The van der Waals surface area contributed by atoms with Gasteiger partial charge in [0.2, 0.25) is 23.6 Å². The molecule has 0 aromatic heterocycles. The van der Waals surface area contributed by atoms with Crippen molar-refractivity contribution in [2.24, 2.45) is 88.6 Å². The maximum Gasteiger partial charge on any atom is 0.411 e. The number of amides is 6. The summed E-state index contributed by atoms with van der Waals surface area (Å²) >= 11 is 0. The van der Waals surface area contributed by atoms with Crippen LogP contribution >= 0.6 is 0 Å². The van der Waals surface area contributed by atoms with E-state index in [2.05, 4.69) is 10.2 Å². The fraction of sp³-hybridized carbons (Fsp3) is 0.870. The first-order valence-corrected chi connectivity index (χ1v) is 52.8. The van der Waals surface area contributed by atoms with Crippen LogP contribution in [0.4, 0.5) is 9.59 Å². The number of esters is 2. The maximum absolute atomic E-state index is 14.1. The second kappa shape index (κ2) is 56.0. The molecule has 4 aliphatic heterocycles. The fourth-order valence-electron chi connectivity index (χ4n) is 23.1. The van der Waals surface area contributed by atoms with Crippen molar-refractivity contribution in [3.63, 3.8) is 0 Å². The van der Waals surface area contributed by atoms with Crippen molar-refractivity contribution >= 4 is 83.0 Å². The first-order valence-electron chi connectivity index (χ1n) is 52.8. The van der Waals surface area contributed by atoms with E-state index in [1.165, 1.54) is 25.5 Å². The van der Waals surface area contributed by atoms with Gasteiger partial charge in [-0.05, 0) is 239 Å². The van der Waals surface area contributed by atoms with Crippen molar-refractivity contribution in [2.45, 2.75) is 460 Å². The smallest absolute Gasteiger partial charge is 0.411 e. The minimum absolute atomic E-state index is 0.00442. The molecular formula is C108H191N9O25. The van der Waals surface area contributed by atoms with Crippen molar-refractivity contribution in [3.05, 3.63) is 0 Å². The van der Waals surface area contributed by atoms with E-state index in [0.29, 0.717) is 23.9 Å². The molecule has 0 aromatic rings. The molecule has 34 heteroatoms. The third kappa shape index (κ3) is 35.9. The summed E-state index contributed by atoms with van der Waals surface area (Å²) in [6.45, 7) is 51.5. The standard InChI is InChI=1S/C32H56N2O7.C24H42N2O5.C23H40N2O5.C17H34N2O4.C12H19NO4/c1-13-20(4)27(25(39-12)18-26(36)40-31(5,6)7)33(11)29(37)23(19(2)3)17-24(35)28-21-14-15-22(16-21)34(28)30(38)41-32(8,9)10;1-8-15(4)22(20(31-7)13-21(28)29)26(6)24(30)18(14(2)3)12-19(27)23-16-9-10-17(11-16)25(23)5;1-7-14(4)22(19(30-6)12-20(27)28)25(5)23(29)17(13(2)3)11-18(26)21-15-8-9-16(10-15)24-21;1-9-11(2)15(19(7)16(21)12(3)18)13(22-8)10-14(20)23-17(4,5)6;1-12(2,3)17-11(16)13-8-5-4-7(6-8)9(13)10(14)15/h19-23,25,27-28H,13-18H2,1-12H3;14-18,20,22-23H,8-13H2,1-7H3,(H,28,29);13-17,19,21-22,24H,7-12H2,1-6H3,(H,27,28);11-13,15H,9-10,18H2,1-8H3;7-9H,4-6H2,1-3H3,(H,14,15)/t20-,21-,22+,23?,25+,27-,28-;15-,16-,17+,18?,20+,22-,23-;14-,15-,16+,17?,19+,21-,22-;11-,12-,13+,15-;7-,8+,9-/m00000/s1. The van der Waals surface area contributed by atoms with Gasteiger partial charge in [-0.2, -0.15) is 0 Å². The summed E-state index contributed by atoms with van der Waals surface area (Å²) in [5, 5.41) is 31.3. The molecule has 3 unspecified atom stereocenters. The predicted molar refractivity (Wildman–Crippen MR) is 545 cm³/mol. The van der Waals surface area contributed by atoms with Crippen molar-refractivity contribution in [3.8, 4) is 0 Å². The normalized spacial score (nSPS) is 25.0. The number of rotatable bonds is 45. The van der Waals surface area contributed by atoms with Gasteiger partial charge in [-0.3, -0.25) is 67.4 Å². The number of carboxylic acids is 3. The van der Waals surface area contributed by atoms with E-state index < -0.39 is 113 Å². The van der Waals surface area contributed by atoms with Gasteiger partial charge < -0.3 is 83.9 Å². The lowest BCUT2D eigenvalue weighted by molar-refractivity contribution is -0.161. The topological polar surface area (TPSA) is 434 Å². The highest BCUT2D eigenvalue weighted by Gasteiger charge is 2.56. The number of nitrogens with zero attached hydrogens (tertiary/aromatic N) is 7. The Morgan fingerprint density at radius 3 is 0.908 bits per heavy atom. The summed E-state index contributed by atoms with van der Waals surface area (Å²) in [7, 11) is 15.0. The number of nitrogens with two attached hydrogens (primary N) is 1. The number of carbonyl (C=O) groups is 14. The van der Waals surface area contributed by atoms with E-state index in [9.17, 15) is 82.4 Å². The van der Waals surface area contributed by atoms with Gasteiger partial charge >= 0.3 is 42.0 Å². The largest absolute Gasteiger partial charge is 0.481 e. The monoisotopic (exact) mass is 2010 g/mol. The zero-order chi connectivity index (χ0) is 109. The van der Waals surface area contributed by atoms with Crippen molar-refractivity contribution in [1.29, 1.82) is 0 Å². The van der Waals surface area contributed by atoms with Gasteiger partial charge in [-0.15, -0.1) is 0 Å². The lowest BCUT2D eigenvalue weighted by Crippen LogP contribution is -2.54. The lowest BCUT2D eigenvalue weighted by atomic mass is 9.83. The minimum Gasteiger partial charge on any atom is -0.481 e. The molecule has 6 amide bonds. The van der Waals surface area contributed by atoms with Crippen LogP contribution < -0.4 is 11.1 Å². The van der Waals surface area contributed by atoms with Crippen LogP contribution in [0.3, 0.4) is 0 Å². The summed E-state index contributed by atoms with van der Waals surface area (Å²) in [5.41, 5.74) is 3.31. The first-order chi connectivity index (χ1) is 65.7. The Bertz CT molecular complexity index is 4100. The Labute approximate surface area is 851 Å². The summed E-state index contributed by atoms with van der Waals surface area (Å²) in [6.07, 6.45) is 12.2. The number of ether oxygens (including phenoxy) is 8. The molecule has 142 heavy (non-hydrogen) atoms. The number of fused-ring (bicyclic) bond motifs is 8. The number of hydrogen-bond acceptors (Lipinski definition) is 25. The van der Waals surface area contributed by atoms with Gasteiger partial charge in [0.1, 0.15) is 28.4 Å². The maximum atomic E-state index is 14.1. The molecule has 4 heterocycles. The SMILES string of the molecule is CC(C)(C)OC(=O)N1[C@@H]2CC[C@@H](C2)[C@H]1C(=O)O.CC[C@H](C)[C@@H]([C@@H](CC(=O)O)OC)N(C)C(=O)C(CC(=O)[C@@H]1[C@H]2CC[C@H](C2)N1C)C(C)C.CC[C@H](C)[C@@H]([C@@H](CC(=O)O)OC)N(C)C(=O)C(CC(=O)[C@H]1N[C@@H]2CC[C@H]1C2)C(C)C.CC[C@H](C)[C@@H]([C@@H](CC(=O)OC(C)(C)C)OC)N(C)C(=O)C(CC(=O)[C@@H]1[C@H]2CC[C@H](C2)N1C(=O)OC(C)(C)C)C(C)C.CC[C@H](C)[C@@H]([C@@H](CC(=O)OC(C)(C)C)OC)N(C)C(=O)[C@H](C)N. The zero-order valence-electron chi connectivity index (χ0n) is 93.7. The Morgan fingerprint density at radius 1 is 0.359 bits per heavy atom. The first kappa shape index (κ1) is 127. The minimum atomic E-state index is -0.950. The van der Waals surface area contributed by atoms with Crippen LogP contribution in [0.2, 0.25) is 0 Å². The highest BCUT2D eigenvalue weighted by atomic mass is 16.6. The number of likely N-dealkylation sites (N-methyl/N-ethyl adjacent to an activating group) is 5.